The quantitative estimate of drug-likeness (QED) is 0.764. The van der Waals surface area contributed by atoms with Crippen molar-refractivity contribution < 1.29 is 13.2 Å². The second-order valence-corrected chi connectivity index (χ2v) is 8.98. The van der Waals surface area contributed by atoms with Crippen LogP contribution in [0.5, 0.6) is 0 Å². The van der Waals surface area contributed by atoms with Gasteiger partial charge in [-0.3, -0.25) is 0 Å². The number of ether oxygens (including phenoxy) is 1. The van der Waals surface area contributed by atoms with Gasteiger partial charge in [0.2, 0.25) is 0 Å². The van der Waals surface area contributed by atoms with Crippen LogP contribution in [0.25, 0.3) is 0 Å². The van der Waals surface area contributed by atoms with E-state index in [2.05, 4.69) is 6.07 Å². The summed E-state index contributed by atoms with van der Waals surface area (Å²) in [5.41, 5.74) is -0.425. The Morgan fingerprint density at radius 2 is 1.84 bits per heavy atom. The van der Waals surface area contributed by atoms with Crippen LogP contribution in [0.4, 0.5) is 0 Å². The summed E-state index contributed by atoms with van der Waals surface area (Å²) in [6.07, 6.45) is 0. The number of sulfone groups is 1. The van der Waals surface area contributed by atoms with Crippen molar-refractivity contribution in [3.05, 3.63) is 64.1 Å². The van der Waals surface area contributed by atoms with Gasteiger partial charge in [0.05, 0.1) is 22.8 Å². The molecule has 0 spiro atoms. The number of nitriles is 1. The van der Waals surface area contributed by atoms with Crippen molar-refractivity contribution in [2.75, 3.05) is 13.7 Å². The molecule has 7 heteroatoms. The van der Waals surface area contributed by atoms with Crippen molar-refractivity contribution in [3.8, 4) is 6.07 Å². The number of nitrogens with zero attached hydrogens (tertiary/aromatic N) is 1. The van der Waals surface area contributed by atoms with Gasteiger partial charge >= 0.3 is 0 Å². The first-order valence-electron chi connectivity index (χ1n) is 7.52. The van der Waals surface area contributed by atoms with Gasteiger partial charge in [-0.05, 0) is 42.0 Å². The summed E-state index contributed by atoms with van der Waals surface area (Å²) in [6.45, 7) is 0.0260. The molecule has 4 nitrogen and oxygen atoms in total. The lowest BCUT2D eigenvalue weighted by atomic mass is 10.0. The molecule has 2 aromatic rings. The molecule has 1 aliphatic rings. The fourth-order valence-electron chi connectivity index (χ4n) is 3.38. The van der Waals surface area contributed by atoms with Crippen molar-refractivity contribution in [2.45, 2.75) is 16.1 Å². The van der Waals surface area contributed by atoms with E-state index in [0.29, 0.717) is 15.6 Å². The maximum absolute atomic E-state index is 13.1. The van der Waals surface area contributed by atoms with Crippen LogP contribution in [0.2, 0.25) is 10.0 Å². The lowest BCUT2D eigenvalue weighted by Gasteiger charge is -2.08. The van der Waals surface area contributed by atoms with Crippen molar-refractivity contribution in [3.63, 3.8) is 0 Å². The molecule has 0 radical (unpaired) electrons. The molecule has 130 valence electrons. The highest BCUT2D eigenvalue weighted by molar-refractivity contribution is 7.92. The first-order valence-corrected chi connectivity index (χ1v) is 9.82. The number of halogens is 2. The van der Waals surface area contributed by atoms with E-state index in [1.165, 1.54) is 31.4 Å². The van der Waals surface area contributed by atoms with E-state index < -0.39 is 26.4 Å². The van der Waals surface area contributed by atoms with Crippen LogP contribution in [0, 0.1) is 16.7 Å². The van der Waals surface area contributed by atoms with E-state index in [4.69, 9.17) is 27.9 Å². The Balaban J connectivity index is 2.09. The predicted octanol–water partition coefficient (Wildman–Crippen LogP) is 4.09. The highest BCUT2D eigenvalue weighted by Gasteiger charge is 2.72. The lowest BCUT2D eigenvalue weighted by molar-refractivity contribution is 0.162. The third-order valence-electron chi connectivity index (χ3n) is 4.53. The Morgan fingerprint density at radius 1 is 1.16 bits per heavy atom. The van der Waals surface area contributed by atoms with E-state index in [-0.39, 0.29) is 11.5 Å². The van der Waals surface area contributed by atoms with E-state index in [0.717, 1.165) is 0 Å². The Labute approximate surface area is 156 Å². The molecule has 0 unspecified atom stereocenters. The van der Waals surface area contributed by atoms with E-state index in [1.807, 2.05) is 0 Å². The molecule has 3 rings (SSSR count). The molecule has 25 heavy (non-hydrogen) atoms. The molecule has 0 saturated heterocycles. The van der Waals surface area contributed by atoms with Crippen LogP contribution in [0.3, 0.4) is 0 Å². The van der Waals surface area contributed by atoms with Crippen LogP contribution in [0.1, 0.15) is 11.5 Å². The van der Waals surface area contributed by atoms with Crippen LogP contribution >= 0.6 is 23.2 Å². The third kappa shape index (κ3) is 3.04. The van der Waals surface area contributed by atoms with Gasteiger partial charge in [0.15, 0.2) is 9.84 Å². The zero-order valence-corrected chi connectivity index (χ0v) is 15.6. The molecule has 0 bridgehead atoms. The minimum absolute atomic E-state index is 0.0260. The Morgan fingerprint density at radius 3 is 2.40 bits per heavy atom. The van der Waals surface area contributed by atoms with Crippen LogP contribution < -0.4 is 0 Å². The lowest BCUT2D eigenvalue weighted by Crippen LogP contribution is -2.19. The molecule has 3 atom stereocenters. The minimum atomic E-state index is -3.74. The molecule has 0 aromatic heterocycles. The highest BCUT2D eigenvalue weighted by atomic mass is 35.5. The summed E-state index contributed by atoms with van der Waals surface area (Å²) in [4.78, 5) is 0.141. The topological polar surface area (TPSA) is 67.2 Å². The molecule has 0 amide bonds. The van der Waals surface area contributed by atoms with Crippen molar-refractivity contribution in [1.29, 1.82) is 5.26 Å². The zero-order valence-electron chi connectivity index (χ0n) is 13.3. The van der Waals surface area contributed by atoms with Gasteiger partial charge in [-0.25, -0.2) is 8.42 Å². The molecular formula is C18H15Cl2NO3S. The van der Waals surface area contributed by atoms with Crippen LogP contribution in [-0.2, 0) is 14.6 Å². The van der Waals surface area contributed by atoms with E-state index in [9.17, 15) is 13.7 Å². The predicted molar refractivity (Wildman–Crippen MR) is 96.5 cm³/mol. The van der Waals surface area contributed by atoms with Gasteiger partial charge in [-0.2, -0.15) is 5.26 Å². The van der Waals surface area contributed by atoms with Gasteiger partial charge in [0.1, 0.15) is 5.41 Å². The van der Waals surface area contributed by atoms with Gasteiger partial charge in [-0.1, -0.05) is 35.3 Å². The van der Waals surface area contributed by atoms with Gasteiger partial charge in [0, 0.05) is 23.1 Å². The van der Waals surface area contributed by atoms with E-state index in [1.54, 1.807) is 24.3 Å². The number of benzene rings is 2. The maximum Gasteiger partial charge on any atom is 0.183 e. The Kier molecular flexibility index (Phi) is 4.82. The Hall–Kier alpha value is -1.58. The number of hydrogen-bond donors (Lipinski definition) is 0. The van der Waals surface area contributed by atoms with Gasteiger partial charge in [0.25, 0.3) is 0 Å². The van der Waals surface area contributed by atoms with Crippen LogP contribution in [0.15, 0.2) is 53.4 Å². The Bertz CT molecular complexity index is 938. The largest absolute Gasteiger partial charge is 0.383 e. The molecule has 1 fully saturated rings. The number of methoxy groups -OCH3 is 1. The highest BCUT2D eigenvalue weighted by Crippen LogP contribution is 2.64. The minimum Gasteiger partial charge on any atom is -0.383 e. The molecule has 0 heterocycles. The monoisotopic (exact) mass is 395 g/mol. The normalized spacial score (nSPS) is 25.4. The average Bonchev–Trinajstić information content (AvgIpc) is 3.26. The fraction of sp³-hybridized carbons (Fsp3) is 0.278. The summed E-state index contributed by atoms with van der Waals surface area (Å²) < 4.78 is 31.5. The van der Waals surface area contributed by atoms with E-state index >= 15 is 0 Å². The summed E-state index contributed by atoms with van der Waals surface area (Å²) in [5, 5.41) is 9.81. The van der Waals surface area contributed by atoms with Crippen molar-refractivity contribution >= 4 is 33.0 Å². The first kappa shape index (κ1) is 18.2. The molecule has 0 aliphatic heterocycles. The second-order valence-electron chi connectivity index (χ2n) is 6.04. The third-order valence-corrected chi connectivity index (χ3v) is 7.31. The molecule has 0 N–H and O–H groups in total. The zero-order chi connectivity index (χ0) is 18.2. The second kappa shape index (κ2) is 6.62. The maximum atomic E-state index is 13.1. The average molecular weight is 396 g/mol. The van der Waals surface area contributed by atoms with Gasteiger partial charge < -0.3 is 4.74 Å². The molecule has 1 aliphatic carbocycles. The summed E-state index contributed by atoms with van der Waals surface area (Å²) in [6, 6.07) is 15.1. The first-order chi connectivity index (χ1) is 11.9. The fourth-order valence-corrected chi connectivity index (χ4v) is 6.01. The molecule has 1 saturated carbocycles. The van der Waals surface area contributed by atoms with Crippen molar-refractivity contribution in [1.82, 2.24) is 0 Å². The van der Waals surface area contributed by atoms with Crippen LogP contribution in [-0.4, -0.2) is 27.4 Å². The summed E-state index contributed by atoms with van der Waals surface area (Å²) in [7, 11) is -2.28. The number of rotatable bonds is 5. The molecular weight excluding hydrogens is 381 g/mol. The van der Waals surface area contributed by atoms with Crippen molar-refractivity contribution in [2.24, 2.45) is 5.41 Å². The summed E-state index contributed by atoms with van der Waals surface area (Å²) in [5.74, 6) is -0.503. The number of hydrogen-bond acceptors (Lipinski definition) is 4. The summed E-state index contributed by atoms with van der Waals surface area (Å²) >= 11 is 11.9. The van der Waals surface area contributed by atoms with Gasteiger partial charge in [-0.15, -0.1) is 0 Å². The SMILES string of the molecule is COC[C@@]1(C#N)[C@H](S(=O)(=O)c2ccc(Cl)cc2)[C@@H]1c1cccc(Cl)c1. The smallest absolute Gasteiger partial charge is 0.183 e. The molecule has 2 aromatic carbocycles. The standard InChI is InChI=1S/C18H15Cl2NO3S/c1-24-11-18(10-21)16(12-3-2-4-14(20)9-12)17(18)25(22,23)15-7-5-13(19)6-8-15/h2-9,16-17H,11H2,1H3/t16-,17+,18+/m0/s1.